The zero-order valence-corrected chi connectivity index (χ0v) is 16.5. The molecule has 0 saturated carbocycles. The van der Waals surface area contributed by atoms with Gasteiger partial charge in [-0.1, -0.05) is 18.2 Å². The minimum absolute atomic E-state index is 0.279. The molecule has 1 aliphatic heterocycles. The van der Waals surface area contributed by atoms with E-state index in [0.717, 1.165) is 10.5 Å². The molecule has 2 aromatic carbocycles. The second kappa shape index (κ2) is 7.14. The van der Waals surface area contributed by atoms with Crippen LogP contribution in [-0.4, -0.2) is 39.6 Å². The van der Waals surface area contributed by atoms with E-state index >= 15 is 0 Å². The predicted octanol–water partition coefficient (Wildman–Crippen LogP) is 3.77. The van der Waals surface area contributed by atoms with Crippen molar-refractivity contribution >= 4 is 34.3 Å². The normalized spacial score (nSPS) is 12.9. The third kappa shape index (κ3) is 3.12. The molecule has 0 atom stereocenters. The maximum atomic E-state index is 13.2. The summed E-state index contributed by atoms with van der Waals surface area (Å²) < 4.78 is 0. The third-order valence-corrected chi connectivity index (χ3v) is 5.27. The first kappa shape index (κ1) is 18.6. The van der Waals surface area contributed by atoms with Crippen LogP contribution in [0.3, 0.4) is 0 Å². The van der Waals surface area contributed by atoms with Gasteiger partial charge in [0.05, 0.1) is 27.9 Å². The Kier molecular flexibility index (Phi) is 4.29. The van der Waals surface area contributed by atoms with Gasteiger partial charge < -0.3 is 5.32 Å². The maximum Gasteiger partial charge on any atom is 0.261 e. The van der Waals surface area contributed by atoms with Crippen molar-refractivity contribution in [2.75, 3.05) is 12.4 Å². The number of hydrogen-bond donors (Lipinski definition) is 1. The second-order valence-corrected chi connectivity index (χ2v) is 7.20. The highest BCUT2D eigenvalue weighted by Crippen LogP contribution is 2.27. The Morgan fingerprint density at radius 2 is 1.74 bits per heavy atom. The molecule has 0 aliphatic carbocycles. The summed E-state index contributed by atoms with van der Waals surface area (Å²) in [6.45, 7) is 0. The molecule has 150 valence electrons. The SMILES string of the molecule is CN1C(=O)c2ccc(NC(=O)c3cc(-c4cccnc4)nc4ccccc34)cc2C1=O. The minimum Gasteiger partial charge on any atom is -0.322 e. The van der Waals surface area contributed by atoms with Crippen molar-refractivity contribution in [3.8, 4) is 11.3 Å². The van der Waals surface area contributed by atoms with Gasteiger partial charge in [0, 0.05) is 36.1 Å². The van der Waals surface area contributed by atoms with Crippen LogP contribution in [0, 0.1) is 0 Å². The number of pyridine rings is 2. The fourth-order valence-corrected chi connectivity index (χ4v) is 3.66. The van der Waals surface area contributed by atoms with E-state index in [1.807, 2.05) is 36.4 Å². The number of nitrogens with zero attached hydrogens (tertiary/aromatic N) is 3. The fraction of sp³-hybridized carbons (Fsp3) is 0.0417. The van der Waals surface area contributed by atoms with Crippen LogP contribution < -0.4 is 5.32 Å². The lowest BCUT2D eigenvalue weighted by Crippen LogP contribution is -2.24. The van der Waals surface area contributed by atoms with E-state index in [2.05, 4.69) is 15.3 Å². The number of hydrogen-bond acceptors (Lipinski definition) is 5. The highest BCUT2D eigenvalue weighted by Gasteiger charge is 2.32. The molecule has 0 unspecified atom stereocenters. The monoisotopic (exact) mass is 408 g/mol. The molecule has 4 aromatic rings. The van der Waals surface area contributed by atoms with Gasteiger partial charge in [-0.25, -0.2) is 4.98 Å². The molecule has 1 N–H and O–H groups in total. The van der Waals surface area contributed by atoms with Crippen LogP contribution in [0.15, 0.2) is 73.1 Å². The van der Waals surface area contributed by atoms with Gasteiger partial charge in [-0.3, -0.25) is 24.3 Å². The number of benzene rings is 2. The Morgan fingerprint density at radius 1 is 0.935 bits per heavy atom. The van der Waals surface area contributed by atoms with Gasteiger partial charge in [-0.15, -0.1) is 0 Å². The lowest BCUT2D eigenvalue weighted by Gasteiger charge is -2.11. The summed E-state index contributed by atoms with van der Waals surface area (Å²) in [5.41, 5.74) is 3.61. The van der Waals surface area contributed by atoms with E-state index in [1.54, 1.807) is 30.6 Å². The molecule has 1 aliphatic rings. The third-order valence-electron chi connectivity index (χ3n) is 5.27. The zero-order chi connectivity index (χ0) is 21.5. The molecule has 0 radical (unpaired) electrons. The Morgan fingerprint density at radius 3 is 2.55 bits per heavy atom. The highest BCUT2D eigenvalue weighted by atomic mass is 16.2. The molecule has 2 aromatic heterocycles. The first-order chi connectivity index (χ1) is 15.0. The van der Waals surface area contributed by atoms with Gasteiger partial charge in [0.25, 0.3) is 17.7 Å². The van der Waals surface area contributed by atoms with Crippen LogP contribution in [0.4, 0.5) is 5.69 Å². The van der Waals surface area contributed by atoms with E-state index in [1.165, 1.54) is 13.1 Å². The number of fused-ring (bicyclic) bond motifs is 2. The van der Waals surface area contributed by atoms with Gasteiger partial charge in [-0.2, -0.15) is 0 Å². The number of anilines is 1. The first-order valence-corrected chi connectivity index (χ1v) is 9.61. The first-order valence-electron chi connectivity index (χ1n) is 9.61. The van der Waals surface area contributed by atoms with Crippen molar-refractivity contribution in [2.45, 2.75) is 0 Å². The maximum absolute atomic E-state index is 13.2. The van der Waals surface area contributed by atoms with E-state index in [0.29, 0.717) is 33.4 Å². The van der Waals surface area contributed by atoms with Gasteiger partial charge in [-0.05, 0) is 42.5 Å². The smallest absolute Gasteiger partial charge is 0.261 e. The van der Waals surface area contributed by atoms with Crippen molar-refractivity contribution in [1.29, 1.82) is 0 Å². The summed E-state index contributed by atoms with van der Waals surface area (Å²) in [5.74, 6) is -1.07. The number of amides is 3. The summed E-state index contributed by atoms with van der Waals surface area (Å²) in [6.07, 6.45) is 3.37. The van der Waals surface area contributed by atoms with Crippen LogP contribution in [0.25, 0.3) is 22.2 Å². The van der Waals surface area contributed by atoms with Crippen molar-refractivity contribution < 1.29 is 14.4 Å². The van der Waals surface area contributed by atoms with Gasteiger partial charge >= 0.3 is 0 Å². The second-order valence-electron chi connectivity index (χ2n) is 7.20. The molecule has 7 heteroatoms. The molecule has 0 bridgehead atoms. The molecular weight excluding hydrogens is 392 g/mol. The number of para-hydroxylation sites is 1. The highest BCUT2D eigenvalue weighted by molar-refractivity contribution is 6.22. The number of rotatable bonds is 3. The van der Waals surface area contributed by atoms with Gasteiger partial charge in [0.1, 0.15) is 0 Å². The number of imide groups is 1. The summed E-state index contributed by atoms with van der Waals surface area (Å²) in [5, 5.41) is 3.55. The predicted molar refractivity (Wildman–Crippen MR) is 116 cm³/mol. The molecule has 3 heterocycles. The van der Waals surface area contributed by atoms with Crippen LogP contribution >= 0.6 is 0 Å². The van der Waals surface area contributed by atoms with Crippen molar-refractivity contribution in [3.05, 3.63) is 89.7 Å². The number of aromatic nitrogens is 2. The summed E-state index contributed by atoms with van der Waals surface area (Å²) in [4.78, 5) is 47.4. The molecule has 5 rings (SSSR count). The fourth-order valence-electron chi connectivity index (χ4n) is 3.66. The van der Waals surface area contributed by atoms with Gasteiger partial charge in [0.15, 0.2) is 0 Å². The van der Waals surface area contributed by atoms with Crippen LogP contribution in [0.2, 0.25) is 0 Å². The average molecular weight is 408 g/mol. The van der Waals surface area contributed by atoms with Crippen molar-refractivity contribution in [2.24, 2.45) is 0 Å². The molecule has 0 saturated heterocycles. The standard InChI is InChI=1S/C24H16N4O3/c1-28-23(30)17-9-8-15(11-19(17)24(28)31)26-22(29)18-12-21(14-5-4-10-25-13-14)27-20-7-3-2-6-16(18)20/h2-13H,1H3,(H,26,29). The largest absolute Gasteiger partial charge is 0.322 e. The number of carbonyl (C=O) groups is 3. The molecule has 7 nitrogen and oxygen atoms in total. The molecule has 3 amide bonds. The summed E-state index contributed by atoms with van der Waals surface area (Å²) in [7, 11) is 1.44. The average Bonchev–Trinajstić information content (AvgIpc) is 3.02. The number of nitrogens with one attached hydrogen (secondary N) is 1. The summed E-state index contributed by atoms with van der Waals surface area (Å²) >= 11 is 0. The Bertz CT molecular complexity index is 1380. The Balaban J connectivity index is 1.55. The van der Waals surface area contributed by atoms with E-state index in [4.69, 9.17) is 0 Å². The van der Waals surface area contributed by atoms with Gasteiger partial charge in [0.2, 0.25) is 0 Å². The zero-order valence-electron chi connectivity index (χ0n) is 16.5. The number of carbonyl (C=O) groups excluding carboxylic acids is 3. The Labute approximate surface area is 177 Å². The van der Waals surface area contributed by atoms with E-state index < -0.39 is 0 Å². The Hall–Kier alpha value is -4.39. The van der Waals surface area contributed by atoms with Crippen molar-refractivity contribution in [3.63, 3.8) is 0 Å². The lowest BCUT2D eigenvalue weighted by atomic mass is 10.0. The molecule has 0 spiro atoms. The molecular formula is C24H16N4O3. The van der Waals surface area contributed by atoms with Crippen molar-refractivity contribution in [1.82, 2.24) is 14.9 Å². The summed E-state index contributed by atoms with van der Waals surface area (Å²) in [6, 6.07) is 17.5. The molecule has 0 fully saturated rings. The topological polar surface area (TPSA) is 92.3 Å². The van der Waals surface area contributed by atoms with Crippen LogP contribution in [0.1, 0.15) is 31.1 Å². The lowest BCUT2D eigenvalue weighted by molar-refractivity contribution is 0.0692. The molecule has 31 heavy (non-hydrogen) atoms. The minimum atomic E-state index is -0.385. The van der Waals surface area contributed by atoms with E-state index in [9.17, 15) is 14.4 Å². The van der Waals surface area contributed by atoms with E-state index in [-0.39, 0.29) is 23.3 Å². The van der Waals surface area contributed by atoms with Crippen LogP contribution in [-0.2, 0) is 0 Å². The van der Waals surface area contributed by atoms with Crippen LogP contribution in [0.5, 0.6) is 0 Å². The quantitative estimate of drug-likeness (QED) is 0.521.